The van der Waals surface area contributed by atoms with Crippen LogP contribution in [0, 0.1) is 15.9 Å². The number of nitro groups is 1. The van der Waals surface area contributed by atoms with E-state index in [-0.39, 0.29) is 17.3 Å². The Morgan fingerprint density at radius 3 is 2.50 bits per heavy atom. The molecule has 0 aromatic heterocycles. The van der Waals surface area contributed by atoms with E-state index in [0.717, 1.165) is 10.9 Å². The van der Waals surface area contributed by atoms with Gasteiger partial charge in [-0.1, -0.05) is 30.3 Å². The molecule has 0 bridgehead atoms. The van der Waals surface area contributed by atoms with Crippen LogP contribution in [-0.4, -0.2) is 11.5 Å². The first-order chi connectivity index (χ1) is 7.68. The zero-order valence-corrected chi connectivity index (χ0v) is 8.52. The Balaban J connectivity index is 2.46. The van der Waals surface area contributed by atoms with Crippen molar-refractivity contribution in [1.82, 2.24) is 0 Å². The van der Waals surface area contributed by atoms with E-state index in [4.69, 9.17) is 0 Å². The third-order valence-corrected chi connectivity index (χ3v) is 2.52. The molecule has 0 atom stereocenters. The second-order valence-electron chi connectivity index (χ2n) is 3.56. The quantitative estimate of drug-likeness (QED) is 0.588. The summed E-state index contributed by atoms with van der Waals surface area (Å²) >= 11 is 0. The molecule has 0 aliphatic rings. The Morgan fingerprint density at radius 1 is 1.12 bits per heavy atom. The van der Waals surface area contributed by atoms with E-state index in [0.29, 0.717) is 11.8 Å². The first-order valence-corrected chi connectivity index (χ1v) is 4.96. The maximum absolute atomic E-state index is 13.4. The number of hydrogen-bond donors (Lipinski definition) is 0. The summed E-state index contributed by atoms with van der Waals surface area (Å²) in [5.41, 5.74) is 0.814. The number of hydrogen-bond acceptors (Lipinski definition) is 2. The van der Waals surface area contributed by atoms with Gasteiger partial charge in [-0.3, -0.25) is 10.1 Å². The van der Waals surface area contributed by atoms with Crippen molar-refractivity contribution >= 4 is 10.8 Å². The summed E-state index contributed by atoms with van der Waals surface area (Å²) in [6.45, 7) is -0.129. The molecule has 0 spiro atoms. The fourth-order valence-corrected chi connectivity index (χ4v) is 1.75. The molecule has 0 saturated heterocycles. The average molecular weight is 219 g/mol. The van der Waals surface area contributed by atoms with E-state index in [1.807, 2.05) is 0 Å². The van der Waals surface area contributed by atoms with Gasteiger partial charge in [-0.05, 0) is 17.0 Å². The number of benzene rings is 2. The third-order valence-electron chi connectivity index (χ3n) is 2.52. The summed E-state index contributed by atoms with van der Waals surface area (Å²) in [6, 6.07) is 9.99. The summed E-state index contributed by atoms with van der Waals surface area (Å²) in [6.07, 6.45) is 0.327. The first-order valence-electron chi connectivity index (χ1n) is 4.96. The van der Waals surface area contributed by atoms with E-state index in [1.54, 1.807) is 30.3 Å². The number of rotatable bonds is 3. The van der Waals surface area contributed by atoms with E-state index in [9.17, 15) is 14.5 Å². The van der Waals surface area contributed by atoms with Gasteiger partial charge in [-0.25, -0.2) is 4.39 Å². The lowest BCUT2D eigenvalue weighted by molar-refractivity contribution is -0.479. The summed E-state index contributed by atoms with van der Waals surface area (Å²) < 4.78 is 13.4. The predicted octanol–water partition coefficient (Wildman–Crippen LogP) is 2.80. The van der Waals surface area contributed by atoms with Gasteiger partial charge in [0.15, 0.2) is 0 Å². The molecule has 0 radical (unpaired) electrons. The Bertz CT molecular complexity index is 540. The lowest BCUT2D eigenvalue weighted by atomic mass is 10.0. The molecular formula is C12H10FNO2. The van der Waals surface area contributed by atoms with Crippen molar-refractivity contribution < 1.29 is 9.31 Å². The van der Waals surface area contributed by atoms with Gasteiger partial charge in [-0.2, -0.15) is 0 Å². The summed E-state index contributed by atoms with van der Waals surface area (Å²) in [5.74, 6) is -0.291. The zero-order chi connectivity index (χ0) is 11.5. The number of nitrogens with zero attached hydrogens (tertiary/aromatic N) is 1. The molecule has 0 aliphatic carbocycles. The molecule has 16 heavy (non-hydrogen) atoms. The van der Waals surface area contributed by atoms with Gasteiger partial charge in [0.25, 0.3) is 0 Å². The molecule has 2 aromatic rings. The van der Waals surface area contributed by atoms with Crippen LogP contribution in [0.25, 0.3) is 10.8 Å². The molecule has 0 saturated carbocycles. The fourth-order valence-electron chi connectivity index (χ4n) is 1.75. The molecule has 0 aliphatic heterocycles. The molecule has 0 amide bonds. The highest BCUT2D eigenvalue weighted by molar-refractivity contribution is 5.86. The molecule has 82 valence electrons. The maximum atomic E-state index is 13.4. The standard InChI is InChI=1S/C12H10FNO2/c13-12-6-5-9(7-8-14(15)16)10-3-1-2-4-11(10)12/h1-6H,7-8H2. The minimum atomic E-state index is -0.363. The van der Waals surface area contributed by atoms with Crippen LogP contribution in [0.15, 0.2) is 36.4 Å². The lowest BCUT2D eigenvalue weighted by Gasteiger charge is -2.05. The normalized spacial score (nSPS) is 10.6. The monoisotopic (exact) mass is 219 g/mol. The maximum Gasteiger partial charge on any atom is 0.207 e. The highest BCUT2D eigenvalue weighted by atomic mass is 19.1. The van der Waals surface area contributed by atoms with E-state index in [2.05, 4.69) is 0 Å². The van der Waals surface area contributed by atoms with Gasteiger partial charge in [0.1, 0.15) is 5.82 Å². The first kappa shape index (κ1) is 10.5. The Morgan fingerprint density at radius 2 is 1.81 bits per heavy atom. The SMILES string of the molecule is O=[N+]([O-])CCc1ccc(F)c2ccccc12. The van der Waals surface area contributed by atoms with Crippen LogP contribution in [0.4, 0.5) is 4.39 Å². The van der Waals surface area contributed by atoms with Gasteiger partial charge in [0, 0.05) is 16.7 Å². The van der Waals surface area contributed by atoms with Crippen molar-refractivity contribution in [3.05, 3.63) is 57.9 Å². The fraction of sp³-hybridized carbons (Fsp3) is 0.167. The van der Waals surface area contributed by atoms with E-state index < -0.39 is 0 Å². The predicted molar refractivity (Wildman–Crippen MR) is 59.5 cm³/mol. The van der Waals surface area contributed by atoms with E-state index in [1.165, 1.54) is 6.07 Å². The van der Waals surface area contributed by atoms with Gasteiger partial charge in [0.05, 0.1) is 0 Å². The zero-order valence-electron chi connectivity index (χ0n) is 8.52. The van der Waals surface area contributed by atoms with Crippen LogP contribution in [0.1, 0.15) is 5.56 Å². The molecule has 3 nitrogen and oxygen atoms in total. The van der Waals surface area contributed by atoms with Gasteiger partial charge in [-0.15, -0.1) is 0 Å². The highest BCUT2D eigenvalue weighted by Gasteiger charge is 2.07. The smallest absolute Gasteiger partial charge is 0.207 e. The molecule has 0 heterocycles. The molecule has 0 fully saturated rings. The minimum absolute atomic E-state index is 0.129. The number of fused-ring (bicyclic) bond motifs is 1. The Kier molecular flexibility index (Phi) is 2.81. The second-order valence-corrected chi connectivity index (χ2v) is 3.56. The molecule has 2 aromatic carbocycles. The number of halogens is 1. The van der Waals surface area contributed by atoms with Crippen LogP contribution < -0.4 is 0 Å². The van der Waals surface area contributed by atoms with Gasteiger partial charge < -0.3 is 0 Å². The highest BCUT2D eigenvalue weighted by Crippen LogP contribution is 2.22. The third kappa shape index (κ3) is 2.00. The van der Waals surface area contributed by atoms with Crippen LogP contribution in [-0.2, 0) is 6.42 Å². The Hall–Kier alpha value is -1.97. The van der Waals surface area contributed by atoms with Crippen LogP contribution in [0.5, 0.6) is 0 Å². The second kappa shape index (κ2) is 4.26. The van der Waals surface area contributed by atoms with Crippen LogP contribution in [0.2, 0.25) is 0 Å². The summed E-state index contributed by atoms with van der Waals surface area (Å²) in [7, 11) is 0. The minimum Gasteiger partial charge on any atom is -0.265 e. The lowest BCUT2D eigenvalue weighted by Crippen LogP contribution is -2.04. The molecule has 4 heteroatoms. The van der Waals surface area contributed by atoms with Crippen molar-refractivity contribution in [2.75, 3.05) is 6.54 Å². The van der Waals surface area contributed by atoms with E-state index >= 15 is 0 Å². The largest absolute Gasteiger partial charge is 0.265 e. The summed E-state index contributed by atoms with van der Waals surface area (Å²) in [5, 5.41) is 11.6. The van der Waals surface area contributed by atoms with Crippen LogP contribution >= 0.6 is 0 Å². The molecule has 0 N–H and O–H groups in total. The topological polar surface area (TPSA) is 43.1 Å². The van der Waals surface area contributed by atoms with Crippen LogP contribution in [0.3, 0.4) is 0 Å². The summed E-state index contributed by atoms with van der Waals surface area (Å²) in [4.78, 5) is 9.94. The van der Waals surface area contributed by atoms with Crippen molar-refractivity contribution in [2.24, 2.45) is 0 Å². The van der Waals surface area contributed by atoms with Gasteiger partial charge >= 0.3 is 0 Å². The van der Waals surface area contributed by atoms with Crippen molar-refractivity contribution in [3.63, 3.8) is 0 Å². The van der Waals surface area contributed by atoms with Crippen molar-refractivity contribution in [3.8, 4) is 0 Å². The van der Waals surface area contributed by atoms with Crippen molar-refractivity contribution in [1.29, 1.82) is 0 Å². The van der Waals surface area contributed by atoms with Crippen molar-refractivity contribution in [2.45, 2.75) is 6.42 Å². The Labute approximate surface area is 91.7 Å². The molecular weight excluding hydrogens is 209 g/mol. The van der Waals surface area contributed by atoms with Gasteiger partial charge in [0.2, 0.25) is 6.54 Å². The molecule has 2 rings (SSSR count). The average Bonchev–Trinajstić information content (AvgIpc) is 2.28. The molecule has 0 unspecified atom stereocenters.